The predicted molar refractivity (Wildman–Crippen MR) is 132 cm³/mol. The quantitative estimate of drug-likeness (QED) is 0.675. The average Bonchev–Trinajstić information content (AvgIpc) is 3.26. The molecule has 2 unspecified atom stereocenters. The first kappa shape index (κ1) is 22.9. The summed E-state index contributed by atoms with van der Waals surface area (Å²) in [5.41, 5.74) is 5.79. The van der Waals surface area contributed by atoms with Crippen molar-refractivity contribution in [1.82, 2.24) is 10.4 Å². The molecule has 2 amide bonds. The average molecular weight is 453 g/mol. The summed E-state index contributed by atoms with van der Waals surface area (Å²) in [6.07, 6.45) is 14.3. The second kappa shape index (κ2) is 9.38. The number of fused-ring (bicyclic) bond motifs is 2. The van der Waals surface area contributed by atoms with Crippen LogP contribution in [0.5, 0.6) is 0 Å². The second-order valence-electron chi connectivity index (χ2n) is 11.0. The lowest BCUT2D eigenvalue weighted by atomic mass is 9.71. The summed E-state index contributed by atoms with van der Waals surface area (Å²) in [5, 5.41) is 2.44. The third-order valence-electron chi connectivity index (χ3n) is 8.67. The van der Waals surface area contributed by atoms with Crippen LogP contribution in [0, 0.1) is 5.41 Å². The summed E-state index contributed by atoms with van der Waals surface area (Å²) in [7, 11) is 0. The van der Waals surface area contributed by atoms with E-state index in [-0.39, 0.29) is 23.9 Å². The molecule has 1 aromatic rings. The Balaban J connectivity index is 1.31. The molecule has 0 radical (unpaired) electrons. The minimum absolute atomic E-state index is 0.0264. The third-order valence-corrected chi connectivity index (χ3v) is 8.67. The number of hydrazine groups is 1. The number of amides is 2. The number of para-hydroxylation sites is 2. The van der Waals surface area contributed by atoms with E-state index in [2.05, 4.69) is 10.4 Å². The summed E-state index contributed by atoms with van der Waals surface area (Å²) in [4.78, 5) is 29.8. The van der Waals surface area contributed by atoms with Crippen molar-refractivity contribution in [3.8, 4) is 0 Å². The van der Waals surface area contributed by atoms with Gasteiger partial charge in [0.2, 0.25) is 11.8 Å². The molecule has 1 saturated carbocycles. The van der Waals surface area contributed by atoms with Crippen LogP contribution in [-0.4, -0.2) is 48.0 Å². The van der Waals surface area contributed by atoms with Gasteiger partial charge >= 0.3 is 0 Å². The molecule has 4 aliphatic rings. The Kier molecular flexibility index (Phi) is 6.49. The van der Waals surface area contributed by atoms with Crippen LogP contribution in [0.25, 0.3) is 0 Å². The normalized spacial score (nSPS) is 30.2. The third kappa shape index (κ3) is 4.44. The fraction of sp³-hybridized carbons (Fsp3) is 0.704. The number of hydrogen-bond donors (Lipinski definition) is 1. The van der Waals surface area contributed by atoms with Crippen molar-refractivity contribution in [1.29, 1.82) is 0 Å². The smallest absolute Gasteiger partial charge is 0.245 e. The van der Waals surface area contributed by atoms with Gasteiger partial charge in [0, 0.05) is 26.1 Å². The second-order valence-corrected chi connectivity index (χ2v) is 11.0. The number of carbonyl (C=O) groups is 2. The molecule has 5 rings (SSSR count). The van der Waals surface area contributed by atoms with Gasteiger partial charge in [-0.05, 0) is 56.6 Å². The lowest BCUT2D eigenvalue weighted by Crippen LogP contribution is -2.56. The number of piperidine rings is 1. The van der Waals surface area contributed by atoms with Crippen LogP contribution in [0.1, 0.15) is 84.5 Å². The van der Waals surface area contributed by atoms with E-state index in [0.29, 0.717) is 18.0 Å². The minimum atomic E-state index is -0.175. The van der Waals surface area contributed by atoms with Crippen molar-refractivity contribution in [3.63, 3.8) is 0 Å². The van der Waals surface area contributed by atoms with Crippen molar-refractivity contribution in [3.05, 3.63) is 24.3 Å². The number of nitrogens with one attached hydrogen (secondary N) is 1. The lowest BCUT2D eigenvalue weighted by Gasteiger charge is -2.44. The van der Waals surface area contributed by atoms with Gasteiger partial charge in [-0.3, -0.25) is 9.59 Å². The van der Waals surface area contributed by atoms with Crippen LogP contribution in [0.2, 0.25) is 0 Å². The van der Waals surface area contributed by atoms with E-state index in [1.807, 2.05) is 41.0 Å². The van der Waals surface area contributed by atoms with Gasteiger partial charge in [-0.1, -0.05) is 50.7 Å². The molecule has 2 saturated heterocycles. The van der Waals surface area contributed by atoms with Crippen molar-refractivity contribution in [2.24, 2.45) is 5.41 Å². The fourth-order valence-corrected chi connectivity index (χ4v) is 6.97. The molecule has 6 nitrogen and oxygen atoms in total. The molecule has 1 aliphatic carbocycles. The van der Waals surface area contributed by atoms with Crippen LogP contribution >= 0.6 is 0 Å². The van der Waals surface area contributed by atoms with E-state index >= 15 is 0 Å². The maximum Gasteiger partial charge on any atom is 0.245 e. The van der Waals surface area contributed by atoms with Crippen LogP contribution in [-0.2, 0) is 9.59 Å². The van der Waals surface area contributed by atoms with Gasteiger partial charge in [-0.25, -0.2) is 10.4 Å². The van der Waals surface area contributed by atoms with Crippen molar-refractivity contribution >= 4 is 23.2 Å². The zero-order chi connectivity index (χ0) is 23.0. The Morgan fingerprint density at radius 2 is 1.64 bits per heavy atom. The van der Waals surface area contributed by atoms with Gasteiger partial charge in [-0.2, -0.15) is 0 Å². The molecular formula is C27H40N4O2. The summed E-state index contributed by atoms with van der Waals surface area (Å²) in [6.45, 7) is 5.27. The molecule has 1 N–H and O–H groups in total. The predicted octanol–water partition coefficient (Wildman–Crippen LogP) is 4.64. The highest BCUT2D eigenvalue weighted by molar-refractivity contribution is 6.05. The summed E-state index contributed by atoms with van der Waals surface area (Å²) in [6, 6.07) is 8.09. The minimum Gasteiger partial charge on any atom is -0.307 e. The molecule has 3 atom stereocenters. The largest absolute Gasteiger partial charge is 0.307 e. The first-order valence-corrected chi connectivity index (χ1v) is 13.2. The Labute approximate surface area is 198 Å². The number of hydrogen-bond acceptors (Lipinski definition) is 4. The molecule has 0 bridgehead atoms. The highest BCUT2D eigenvalue weighted by Gasteiger charge is 2.46. The van der Waals surface area contributed by atoms with E-state index in [9.17, 15) is 9.59 Å². The Hall–Kier alpha value is -1.92. The fourth-order valence-electron chi connectivity index (χ4n) is 6.97. The van der Waals surface area contributed by atoms with Gasteiger partial charge in [0.1, 0.15) is 6.04 Å². The molecule has 6 heteroatoms. The molecule has 1 aromatic carbocycles. The summed E-state index contributed by atoms with van der Waals surface area (Å²) < 4.78 is 0. The van der Waals surface area contributed by atoms with E-state index in [4.69, 9.17) is 0 Å². The van der Waals surface area contributed by atoms with Gasteiger partial charge < -0.3 is 9.80 Å². The van der Waals surface area contributed by atoms with Crippen molar-refractivity contribution < 1.29 is 9.59 Å². The zero-order valence-corrected chi connectivity index (χ0v) is 20.4. The standard InChI is InChI=1S/C27H40N4O2/c1-20-18-29(24-11-7-8-12-25(24)31(20)21(2)32)26(33)23-17-22-13-16-27(19-30(22)28-23)14-9-5-3-4-6-10-15-27/h7-8,11-12,20,22-23,28H,3-6,9-10,13-19H2,1-2H3/t20-,22?,23?/m0/s1. The van der Waals surface area contributed by atoms with Crippen LogP contribution in [0.15, 0.2) is 24.3 Å². The number of carbonyl (C=O) groups excluding carboxylic acids is 2. The van der Waals surface area contributed by atoms with Crippen molar-refractivity contribution in [2.75, 3.05) is 22.9 Å². The number of rotatable bonds is 1. The van der Waals surface area contributed by atoms with Crippen LogP contribution in [0.4, 0.5) is 11.4 Å². The topological polar surface area (TPSA) is 55.9 Å². The molecular weight excluding hydrogens is 412 g/mol. The van der Waals surface area contributed by atoms with Crippen LogP contribution < -0.4 is 15.2 Å². The van der Waals surface area contributed by atoms with Crippen molar-refractivity contribution in [2.45, 2.75) is 103 Å². The maximum atomic E-state index is 13.8. The van der Waals surface area contributed by atoms with E-state index in [1.165, 1.54) is 64.2 Å². The van der Waals surface area contributed by atoms with Gasteiger partial charge in [0.15, 0.2) is 0 Å². The molecule has 180 valence electrons. The Morgan fingerprint density at radius 1 is 0.970 bits per heavy atom. The van der Waals surface area contributed by atoms with Gasteiger partial charge in [0.25, 0.3) is 0 Å². The molecule has 3 fully saturated rings. The van der Waals surface area contributed by atoms with Gasteiger partial charge in [-0.15, -0.1) is 0 Å². The number of benzene rings is 1. The maximum absolute atomic E-state index is 13.8. The first-order chi connectivity index (χ1) is 16.0. The molecule has 3 heterocycles. The highest BCUT2D eigenvalue weighted by Crippen LogP contribution is 2.44. The number of nitrogens with zero attached hydrogens (tertiary/aromatic N) is 3. The first-order valence-electron chi connectivity index (χ1n) is 13.2. The highest BCUT2D eigenvalue weighted by atomic mass is 16.2. The van der Waals surface area contributed by atoms with E-state index in [0.717, 1.165) is 24.3 Å². The Bertz CT molecular complexity index is 877. The zero-order valence-electron chi connectivity index (χ0n) is 20.4. The number of anilines is 2. The van der Waals surface area contributed by atoms with Gasteiger partial charge in [0.05, 0.1) is 17.4 Å². The van der Waals surface area contributed by atoms with E-state index in [1.54, 1.807) is 6.92 Å². The molecule has 0 aromatic heterocycles. The monoisotopic (exact) mass is 452 g/mol. The van der Waals surface area contributed by atoms with Crippen LogP contribution in [0.3, 0.4) is 0 Å². The molecule has 3 aliphatic heterocycles. The molecule has 33 heavy (non-hydrogen) atoms. The Morgan fingerprint density at radius 3 is 2.33 bits per heavy atom. The summed E-state index contributed by atoms with van der Waals surface area (Å²) >= 11 is 0. The summed E-state index contributed by atoms with van der Waals surface area (Å²) in [5.74, 6) is 0.175. The molecule has 1 spiro atoms. The van der Waals surface area contributed by atoms with E-state index < -0.39 is 0 Å². The lowest BCUT2D eigenvalue weighted by molar-refractivity contribution is -0.121. The SMILES string of the molecule is CC(=O)N1c2ccccc2N(C(=O)C2CC3CCC4(CCCCCCCC4)CN3N2)C[C@@H]1C.